The number of H-pyrrole nitrogens is 1. The van der Waals surface area contributed by atoms with E-state index in [0.29, 0.717) is 29.9 Å². The molecule has 0 aliphatic carbocycles. The second-order valence-corrected chi connectivity index (χ2v) is 9.06. The molecule has 1 unspecified atom stereocenters. The van der Waals surface area contributed by atoms with E-state index in [-0.39, 0.29) is 31.6 Å². The van der Waals surface area contributed by atoms with Crippen LogP contribution in [-0.4, -0.2) is 41.5 Å². The summed E-state index contributed by atoms with van der Waals surface area (Å²) in [6.45, 7) is 6.10. The summed E-state index contributed by atoms with van der Waals surface area (Å²) in [4.78, 5) is 30.3. The molecule has 0 fully saturated rings. The number of para-hydroxylation sites is 1. The van der Waals surface area contributed by atoms with E-state index in [2.05, 4.69) is 21.7 Å². The Morgan fingerprint density at radius 2 is 1.70 bits per heavy atom. The molecule has 6 rings (SSSR count). The zero-order valence-electron chi connectivity index (χ0n) is 21.1. The van der Waals surface area contributed by atoms with Gasteiger partial charge < -0.3 is 28.5 Å². The Labute approximate surface area is 214 Å². The minimum Gasteiger partial charge on any atom is -0.462 e. The second-order valence-electron chi connectivity index (χ2n) is 9.06. The normalized spacial score (nSPS) is 15.4. The maximum Gasteiger partial charge on any atom is 0.340 e. The summed E-state index contributed by atoms with van der Waals surface area (Å²) in [6.07, 6.45) is 0.998. The summed E-state index contributed by atoms with van der Waals surface area (Å²) in [7, 11) is 0. The minimum absolute atomic E-state index is 0.177. The first kappa shape index (κ1) is 23.2. The number of ether oxygens (including phenoxy) is 4. The maximum absolute atomic E-state index is 13.4. The topological polar surface area (TPSA) is 91.8 Å². The lowest BCUT2D eigenvalue weighted by molar-refractivity contribution is 0.0478. The first-order chi connectivity index (χ1) is 18.1. The van der Waals surface area contributed by atoms with E-state index in [0.717, 1.165) is 39.1 Å². The minimum atomic E-state index is -0.512. The van der Waals surface area contributed by atoms with Gasteiger partial charge in [-0.3, -0.25) is 0 Å². The summed E-state index contributed by atoms with van der Waals surface area (Å²) in [6, 6.07) is 13.7. The molecule has 0 saturated carbocycles. The Bertz CT molecular complexity index is 1550. The number of carbonyl (C=O) groups excluding carboxylic acids is 2. The van der Waals surface area contributed by atoms with Crippen LogP contribution in [0.25, 0.3) is 10.9 Å². The Hall–Kier alpha value is -4.20. The molecule has 2 aromatic heterocycles. The summed E-state index contributed by atoms with van der Waals surface area (Å²) in [5.41, 5.74) is 6.15. The number of hydrogen-bond acceptors (Lipinski definition) is 6. The first-order valence-electron chi connectivity index (χ1n) is 12.7. The highest BCUT2D eigenvalue weighted by Gasteiger charge is 2.40. The van der Waals surface area contributed by atoms with Crippen LogP contribution in [0.3, 0.4) is 0 Å². The average molecular weight is 501 g/mol. The van der Waals surface area contributed by atoms with Crippen LogP contribution in [0.4, 0.5) is 0 Å². The van der Waals surface area contributed by atoms with Crippen LogP contribution in [0.5, 0.6) is 11.5 Å². The molecule has 4 aromatic rings. The Morgan fingerprint density at radius 1 is 0.973 bits per heavy atom. The molecule has 2 aromatic carbocycles. The highest BCUT2D eigenvalue weighted by atomic mass is 16.7. The summed E-state index contributed by atoms with van der Waals surface area (Å²) in [5.74, 6) is 0.340. The molecule has 1 N–H and O–H groups in total. The SMILES string of the molecule is CCOC(=O)c1c(C(=O)OCC)c2n(c1CC)C(c1ccc3c(c1)OCO3)c1[nH]c3ccccc3c1C2. The quantitative estimate of drug-likeness (QED) is 0.324. The largest absolute Gasteiger partial charge is 0.462 e. The standard InChI is InChI=1S/C29H28N2O6/c1-4-20-24(28(32)34-5-2)25(29(33)35-6-3)21-14-18-17-9-7-8-10-19(17)30-26(18)27(31(20)21)16-11-12-22-23(13-16)37-15-36-22/h7-13,27,30H,4-6,14-15H2,1-3H3. The molecule has 190 valence electrons. The molecule has 0 spiro atoms. The lowest BCUT2D eigenvalue weighted by atomic mass is 9.91. The predicted octanol–water partition coefficient (Wildman–Crippen LogP) is 5.16. The zero-order chi connectivity index (χ0) is 25.7. The molecule has 37 heavy (non-hydrogen) atoms. The molecule has 0 bridgehead atoms. The van der Waals surface area contributed by atoms with Gasteiger partial charge in [-0.1, -0.05) is 31.2 Å². The first-order valence-corrected chi connectivity index (χ1v) is 12.7. The summed E-state index contributed by atoms with van der Waals surface area (Å²) >= 11 is 0. The molecule has 8 nitrogen and oxygen atoms in total. The molecular weight excluding hydrogens is 472 g/mol. The van der Waals surface area contributed by atoms with Crippen molar-refractivity contribution in [3.05, 3.63) is 81.8 Å². The van der Waals surface area contributed by atoms with E-state index < -0.39 is 11.9 Å². The molecule has 1 atom stereocenters. The van der Waals surface area contributed by atoms with E-state index in [9.17, 15) is 9.59 Å². The van der Waals surface area contributed by atoms with Crippen molar-refractivity contribution in [3.63, 3.8) is 0 Å². The van der Waals surface area contributed by atoms with Gasteiger partial charge in [-0.15, -0.1) is 0 Å². The molecule has 2 aliphatic rings. The van der Waals surface area contributed by atoms with Crippen LogP contribution in [0.15, 0.2) is 42.5 Å². The van der Waals surface area contributed by atoms with E-state index in [1.54, 1.807) is 13.8 Å². The number of nitrogens with zero attached hydrogens (tertiary/aromatic N) is 1. The number of fused-ring (bicyclic) bond motifs is 5. The number of nitrogens with one attached hydrogen (secondary N) is 1. The molecule has 0 saturated heterocycles. The number of carbonyl (C=O) groups is 2. The number of esters is 2. The second kappa shape index (κ2) is 9.03. The third-order valence-corrected chi connectivity index (χ3v) is 7.14. The van der Waals surface area contributed by atoms with Crippen molar-refractivity contribution in [1.82, 2.24) is 9.55 Å². The van der Waals surface area contributed by atoms with Gasteiger partial charge >= 0.3 is 11.9 Å². The van der Waals surface area contributed by atoms with Crippen LogP contribution in [-0.2, 0) is 22.3 Å². The lowest BCUT2D eigenvalue weighted by Gasteiger charge is -2.30. The van der Waals surface area contributed by atoms with Gasteiger partial charge in [-0.25, -0.2) is 9.59 Å². The van der Waals surface area contributed by atoms with Gasteiger partial charge in [-0.05, 0) is 49.6 Å². The molecule has 4 heterocycles. The number of aromatic nitrogens is 2. The van der Waals surface area contributed by atoms with Crippen molar-refractivity contribution in [2.75, 3.05) is 20.0 Å². The summed E-state index contributed by atoms with van der Waals surface area (Å²) < 4.78 is 24.3. The number of hydrogen-bond donors (Lipinski definition) is 1. The van der Waals surface area contributed by atoms with Crippen molar-refractivity contribution in [1.29, 1.82) is 0 Å². The number of rotatable bonds is 6. The van der Waals surface area contributed by atoms with Crippen molar-refractivity contribution in [2.45, 2.75) is 39.7 Å². The fraction of sp³-hybridized carbons (Fsp3) is 0.310. The molecular formula is C29H28N2O6. The van der Waals surface area contributed by atoms with Gasteiger partial charge in [0.2, 0.25) is 6.79 Å². The summed E-state index contributed by atoms with van der Waals surface area (Å²) in [5, 5.41) is 1.08. The molecule has 0 radical (unpaired) electrons. The van der Waals surface area contributed by atoms with Crippen LogP contribution in [0.1, 0.15) is 75.7 Å². The van der Waals surface area contributed by atoms with Gasteiger partial charge in [0.25, 0.3) is 0 Å². The average Bonchev–Trinajstić information content (AvgIpc) is 3.60. The monoisotopic (exact) mass is 500 g/mol. The van der Waals surface area contributed by atoms with E-state index in [4.69, 9.17) is 18.9 Å². The molecule has 8 heteroatoms. The highest BCUT2D eigenvalue weighted by Crippen LogP contribution is 2.45. The third-order valence-electron chi connectivity index (χ3n) is 7.14. The van der Waals surface area contributed by atoms with Crippen LogP contribution in [0.2, 0.25) is 0 Å². The van der Waals surface area contributed by atoms with Gasteiger partial charge in [-0.2, -0.15) is 0 Å². The number of benzene rings is 2. The van der Waals surface area contributed by atoms with Crippen LogP contribution >= 0.6 is 0 Å². The van der Waals surface area contributed by atoms with Crippen molar-refractivity contribution >= 4 is 22.8 Å². The van der Waals surface area contributed by atoms with Gasteiger partial charge in [0, 0.05) is 34.4 Å². The van der Waals surface area contributed by atoms with Gasteiger partial charge in [0.1, 0.15) is 0 Å². The Morgan fingerprint density at radius 3 is 2.46 bits per heavy atom. The third kappa shape index (κ3) is 3.50. The fourth-order valence-electron chi connectivity index (χ4n) is 5.71. The maximum atomic E-state index is 13.4. The smallest absolute Gasteiger partial charge is 0.340 e. The lowest BCUT2D eigenvalue weighted by Crippen LogP contribution is -2.24. The van der Waals surface area contributed by atoms with Crippen molar-refractivity contribution < 1.29 is 28.5 Å². The molecule has 2 aliphatic heterocycles. The fourth-order valence-corrected chi connectivity index (χ4v) is 5.71. The Balaban J connectivity index is 1.68. The van der Waals surface area contributed by atoms with Gasteiger partial charge in [0.15, 0.2) is 11.5 Å². The predicted molar refractivity (Wildman–Crippen MR) is 137 cm³/mol. The van der Waals surface area contributed by atoms with Crippen molar-refractivity contribution in [3.8, 4) is 11.5 Å². The number of aromatic amines is 1. The van der Waals surface area contributed by atoms with Gasteiger partial charge in [0.05, 0.1) is 30.4 Å². The molecule has 0 amide bonds. The van der Waals surface area contributed by atoms with Crippen molar-refractivity contribution in [2.24, 2.45) is 0 Å². The van der Waals surface area contributed by atoms with E-state index >= 15 is 0 Å². The van der Waals surface area contributed by atoms with Crippen LogP contribution in [0, 0.1) is 0 Å². The Kier molecular flexibility index (Phi) is 5.67. The highest BCUT2D eigenvalue weighted by molar-refractivity contribution is 6.06. The van der Waals surface area contributed by atoms with E-state index in [1.165, 1.54) is 0 Å². The van der Waals surface area contributed by atoms with Crippen LogP contribution < -0.4 is 9.47 Å². The zero-order valence-corrected chi connectivity index (χ0v) is 21.1. The van der Waals surface area contributed by atoms with E-state index in [1.807, 2.05) is 37.3 Å².